The van der Waals surface area contributed by atoms with Crippen LogP contribution in [0.15, 0.2) is 42.7 Å². The zero-order valence-corrected chi connectivity index (χ0v) is 14.6. The Kier molecular flexibility index (Phi) is 6.01. The van der Waals surface area contributed by atoms with Gasteiger partial charge < -0.3 is 15.4 Å². The summed E-state index contributed by atoms with van der Waals surface area (Å²) in [5.74, 6) is 0.830. The van der Waals surface area contributed by atoms with Crippen LogP contribution in [-0.4, -0.2) is 36.6 Å². The molecule has 1 aromatic heterocycles. The van der Waals surface area contributed by atoms with Gasteiger partial charge in [0.1, 0.15) is 12.4 Å². The number of aromatic nitrogens is 1. The van der Waals surface area contributed by atoms with E-state index in [1.54, 1.807) is 13.1 Å². The lowest BCUT2D eigenvalue weighted by molar-refractivity contribution is -0.118. The molecule has 2 N–H and O–H groups in total. The standard InChI is InChI=1S/C20H25N3O2/c1-15(24)22-8-3-5-16-4-2-6-17(10-16)18-11-20(13-21-12-18)25-14-19-7-9-23-19/h2,4,6,10-13,19,23H,3,5,7-9,14H2,1H3,(H,22,24). The second-order valence-corrected chi connectivity index (χ2v) is 6.45. The van der Waals surface area contributed by atoms with Crippen molar-refractivity contribution in [3.05, 3.63) is 48.3 Å². The molecule has 132 valence electrons. The van der Waals surface area contributed by atoms with Gasteiger partial charge in [-0.1, -0.05) is 24.3 Å². The summed E-state index contributed by atoms with van der Waals surface area (Å²) < 4.78 is 5.84. The largest absolute Gasteiger partial charge is 0.490 e. The normalized spacial score (nSPS) is 16.1. The number of hydrogen-bond donors (Lipinski definition) is 2. The summed E-state index contributed by atoms with van der Waals surface area (Å²) in [6, 6.07) is 11.0. The van der Waals surface area contributed by atoms with Crippen LogP contribution in [0.5, 0.6) is 5.75 Å². The summed E-state index contributed by atoms with van der Waals surface area (Å²) in [6.07, 6.45) is 6.67. The lowest BCUT2D eigenvalue weighted by Crippen LogP contribution is -2.46. The Hall–Kier alpha value is -2.40. The molecule has 1 aliphatic heterocycles. The van der Waals surface area contributed by atoms with Gasteiger partial charge in [0.05, 0.1) is 6.20 Å². The number of amides is 1. The third kappa shape index (κ3) is 5.29. The van der Waals surface area contributed by atoms with E-state index in [1.807, 2.05) is 12.3 Å². The van der Waals surface area contributed by atoms with Crippen LogP contribution in [0.25, 0.3) is 11.1 Å². The second kappa shape index (κ2) is 8.62. The average Bonchev–Trinajstić information content (AvgIpc) is 2.58. The van der Waals surface area contributed by atoms with Crippen molar-refractivity contribution in [3.63, 3.8) is 0 Å². The molecule has 3 rings (SSSR count). The molecule has 1 unspecified atom stereocenters. The highest BCUT2D eigenvalue weighted by Gasteiger charge is 2.16. The lowest BCUT2D eigenvalue weighted by atomic mass is 10.0. The van der Waals surface area contributed by atoms with E-state index in [0.717, 1.165) is 36.3 Å². The first-order valence-corrected chi connectivity index (χ1v) is 8.86. The quantitative estimate of drug-likeness (QED) is 0.726. The molecule has 25 heavy (non-hydrogen) atoms. The van der Waals surface area contributed by atoms with Crippen molar-refractivity contribution >= 4 is 5.91 Å². The van der Waals surface area contributed by atoms with Gasteiger partial charge in [-0.05, 0) is 43.0 Å². The van der Waals surface area contributed by atoms with Crippen LogP contribution in [0.1, 0.15) is 25.3 Å². The van der Waals surface area contributed by atoms with E-state index < -0.39 is 0 Å². The van der Waals surface area contributed by atoms with Gasteiger partial charge in [-0.25, -0.2) is 0 Å². The Labute approximate surface area is 148 Å². The number of ether oxygens (including phenoxy) is 1. The first-order chi connectivity index (χ1) is 12.2. The molecule has 0 bridgehead atoms. The number of pyridine rings is 1. The van der Waals surface area contributed by atoms with Crippen LogP contribution < -0.4 is 15.4 Å². The van der Waals surface area contributed by atoms with Crippen molar-refractivity contribution in [2.24, 2.45) is 0 Å². The summed E-state index contributed by atoms with van der Waals surface area (Å²) >= 11 is 0. The van der Waals surface area contributed by atoms with Crippen LogP contribution in [0.3, 0.4) is 0 Å². The smallest absolute Gasteiger partial charge is 0.216 e. The van der Waals surface area contributed by atoms with Gasteiger partial charge in [-0.3, -0.25) is 9.78 Å². The number of aryl methyl sites for hydroxylation is 1. The summed E-state index contributed by atoms with van der Waals surface area (Å²) in [4.78, 5) is 15.2. The molecule has 1 aliphatic rings. The number of carbonyl (C=O) groups is 1. The Bertz CT molecular complexity index is 714. The molecule has 5 nitrogen and oxygen atoms in total. The van der Waals surface area contributed by atoms with E-state index in [9.17, 15) is 4.79 Å². The van der Waals surface area contributed by atoms with E-state index in [2.05, 4.69) is 39.9 Å². The molecule has 1 aromatic carbocycles. The molecule has 5 heteroatoms. The predicted octanol–water partition coefficient (Wildman–Crippen LogP) is 2.56. The van der Waals surface area contributed by atoms with E-state index in [0.29, 0.717) is 19.2 Å². The fourth-order valence-electron chi connectivity index (χ4n) is 2.81. The maximum atomic E-state index is 10.9. The molecule has 1 fully saturated rings. The predicted molar refractivity (Wildman–Crippen MR) is 98.6 cm³/mol. The highest BCUT2D eigenvalue weighted by molar-refractivity contribution is 5.72. The Morgan fingerprint density at radius 1 is 1.32 bits per heavy atom. The Balaban J connectivity index is 1.60. The van der Waals surface area contributed by atoms with Gasteiger partial charge >= 0.3 is 0 Å². The fraction of sp³-hybridized carbons (Fsp3) is 0.400. The maximum absolute atomic E-state index is 10.9. The zero-order valence-electron chi connectivity index (χ0n) is 14.6. The molecular formula is C20H25N3O2. The molecule has 1 atom stereocenters. The van der Waals surface area contributed by atoms with Crippen LogP contribution in [0, 0.1) is 0 Å². The minimum atomic E-state index is 0.0220. The number of rotatable bonds is 8. The zero-order chi connectivity index (χ0) is 17.5. The van der Waals surface area contributed by atoms with Crippen molar-refractivity contribution in [2.45, 2.75) is 32.2 Å². The molecule has 0 spiro atoms. The summed E-state index contributed by atoms with van der Waals surface area (Å²) in [5.41, 5.74) is 3.45. The van der Waals surface area contributed by atoms with E-state index in [1.165, 1.54) is 12.0 Å². The third-order valence-corrected chi connectivity index (χ3v) is 4.37. The summed E-state index contributed by atoms with van der Waals surface area (Å²) in [6.45, 7) is 4.03. The molecule has 0 radical (unpaired) electrons. The molecule has 1 amide bonds. The number of nitrogens with one attached hydrogen (secondary N) is 2. The van der Waals surface area contributed by atoms with Crippen LogP contribution in [0.2, 0.25) is 0 Å². The second-order valence-electron chi connectivity index (χ2n) is 6.45. The Morgan fingerprint density at radius 3 is 2.96 bits per heavy atom. The van der Waals surface area contributed by atoms with E-state index in [-0.39, 0.29) is 5.91 Å². The van der Waals surface area contributed by atoms with Gasteiger partial charge in [0.25, 0.3) is 0 Å². The molecular weight excluding hydrogens is 314 g/mol. The number of benzene rings is 1. The number of carbonyl (C=O) groups excluding carboxylic acids is 1. The van der Waals surface area contributed by atoms with Crippen molar-refractivity contribution in [3.8, 4) is 16.9 Å². The SMILES string of the molecule is CC(=O)NCCCc1cccc(-c2cncc(OCC3CCN3)c2)c1. The molecule has 0 saturated carbocycles. The summed E-state index contributed by atoms with van der Waals surface area (Å²) in [5, 5.41) is 6.16. The van der Waals surface area contributed by atoms with E-state index >= 15 is 0 Å². The topological polar surface area (TPSA) is 63.2 Å². The van der Waals surface area contributed by atoms with Crippen molar-refractivity contribution < 1.29 is 9.53 Å². The van der Waals surface area contributed by atoms with Gasteiger partial charge in [0.15, 0.2) is 0 Å². The van der Waals surface area contributed by atoms with E-state index in [4.69, 9.17) is 4.74 Å². The molecule has 2 aromatic rings. The first-order valence-electron chi connectivity index (χ1n) is 8.86. The van der Waals surface area contributed by atoms with Crippen LogP contribution in [0.4, 0.5) is 0 Å². The van der Waals surface area contributed by atoms with Crippen LogP contribution >= 0.6 is 0 Å². The minimum absolute atomic E-state index is 0.0220. The van der Waals surface area contributed by atoms with Gasteiger partial charge in [-0.15, -0.1) is 0 Å². The van der Waals surface area contributed by atoms with Gasteiger partial charge in [0.2, 0.25) is 5.91 Å². The molecule has 2 heterocycles. The lowest BCUT2D eigenvalue weighted by Gasteiger charge is -2.27. The summed E-state index contributed by atoms with van der Waals surface area (Å²) in [7, 11) is 0. The van der Waals surface area contributed by atoms with Crippen molar-refractivity contribution in [2.75, 3.05) is 19.7 Å². The number of hydrogen-bond acceptors (Lipinski definition) is 4. The highest BCUT2D eigenvalue weighted by atomic mass is 16.5. The monoisotopic (exact) mass is 339 g/mol. The number of nitrogens with zero attached hydrogens (tertiary/aromatic N) is 1. The Morgan fingerprint density at radius 2 is 2.20 bits per heavy atom. The highest BCUT2D eigenvalue weighted by Crippen LogP contribution is 2.24. The maximum Gasteiger partial charge on any atom is 0.216 e. The van der Waals surface area contributed by atoms with Gasteiger partial charge in [0, 0.05) is 31.3 Å². The first kappa shape index (κ1) is 17.4. The minimum Gasteiger partial charge on any atom is -0.490 e. The molecule has 0 aliphatic carbocycles. The van der Waals surface area contributed by atoms with Gasteiger partial charge in [-0.2, -0.15) is 0 Å². The van der Waals surface area contributed by atoms with Crippen molar-refractivity contribution in [1.29, 1.82) is 0 Å². The average molecular weight is 339 g/mol. The van der Waals surface area contributed by atoms with Crippen LogP contribution in [-0.2, 0) is 11.2 Å². The van der Waals surface area contributed by atoms with Crippen molar-refractivity contribution in [1.82, 2.24) is 15.6 Å². The third-order valence-electron chi connectivity index (χ3n) is 4.37. The molecule has 1 saturated heterocycles. The fourth-order valence-corrected chi connectivity index (χ4v) is 2.81.